The van der Waals surface area contributed by atoms with Crippen molar-refractivity contribution < 1.29 is 14.1 Å². The molecule has 1 aromatic carbocycles. The molecule has 0 saturated carbocycles. The number of amides is 1. The number of methoxy groups -OCH3 is 1. The second-order valence-electron chi connectivity index (χ2n) is 6.37. The van der Waals surface area contributed by atoms with Gasteiger partial charge < -0.3 is 18.7 Å². The van der Waals surface area contributed by atoms with Crippen LogP contribution in [-0.4, -0.2) is 45.7 Å². The van der Waals surface area contributed by atoms with Crippen molar-refractivity contribution in [1.82, 2.24) is 19.6 Å². The van der Waals surface area contributed by atoms with Gasteiger partial charge in [-0.3, -0.25) is 4.79 Å². The monoisotopic (exact) mass is 340 g/mol. The van der Waals surface area contributed by atoms with Gasteiger partial charge in [-0.05, 0) is 37.1 Å². The fraction of sp³-hybridized carbons (Fsp3) is 0.389. The van der Waals surface area contributed by atoms with E-state index in [9.17, 15) is 4.79 Å². The highest BCUT2D eigenvalue weighted by Gasteiger charge is 2.28. The summed E-state index contributed by atoms with van der Waals surface area (Å²) >= 11 is 0. The number of aromatic nitrogens is 3. The molecule has 1 aliphatic heterocycles. The lowest BCUT2D eigenvalue weighted by Gasteiger charge is -2.30. The molecule has 0 spiro atoms. The minimum atomic E-state index is 0.0595. The van der Waals surface area contributed by atoms with Crippen LogP contribution in [0.3, 0.4) is 0 Å². The molecule has 0 aliphatic carbocycles. The molecule has 1 saturated heterocycles. The molecule has 25 heavy (non-hydrogen) atoms. The van der Waals surface area contributed by atoms with E-state index in [1.165, 1.54) is 6.39 Å². The zero-order chi connectivity index (χ0) is 17.4. The lowest BCUT2D eigenvalue weighted by atomic mass is 9.96. The molecule has 0 N–H and O–H groups in total. The zero-order valence-electron chi connectivity index (χ0n) is 14.3. The van der Waals surface area contributed by atoms with Crippen LogP contribution in [0.2, 0.25) is 0 Å². The highest BCUT2D eigenvalue weighted by Crippen LogP contribution is 2.28. The van der Waals surface area contributed by atoms with E-state index in [1.54, 1.807) is 7.11 Å². The van der Waals surface area contributed by atoms with Gasteiger partial charge in [-0.15, -0.1) is 0 Å². The van der Waals surface area contributed by atoms with Gasteiger partial charge >= 0.3 is 0 Å². The fourth-order valence-electron chi connectivity index (χ4n) is 3.52. The minimum Gasteiger partial charge on any atom is -0.497 e. The van der Waals surface area contributed by atoms with Crippen LogP contribution >= 0.6 is 0 Å². The van der Waals surface area contributed by atoms with Gasteiger partial charge in [0.2, 0.25) is 6.39 Å². The number of carbonyl (C=O) groups excluding carboxylic acids is 1. The molecule has 1 amide bonds. The number of ether oxygens (including phenoxy) is 1. The van der Waals surface area contributed by atoms with Crippen LogP contribution in [-0.2, 0) is 7.05 Å². The summed E-state index contributed by atoms with van der Waals surface area (Å²) in [6, 6.07) is 7.78. The van der Waals surface area contributed by atoms with E-state index in [2.05, 4.69) is 10.1 Å². The van der Waals surface area contributed by atoms with Gasteiger partial charge in [0, 0.05) is 37.0 Å². The van der Waals surface area contributed by atoms with Crippen LogP contribution < -0.4 is 4.74 Å². The summed E-state index contributed by atoms with van der Waals surface area (Å²) in [5.41, 5.74) is 1.71. The Bertz CT molecular complexity index is 893. The van der Waals surface area contributed by atoms with Gasteiger partial charge in [-0.1, -0.05) is 5.16 Å². The maximum absolute atomic E-state index is 13.0. The fourth-order valence-corrected chi connectivity index (χ4v) is 3.52. The number of aryl methyl sites for hydroxylation is 1. The molecule has 130 valence electrons. The van der Waals surface area contributed by atoms with Gasteiger partial charge in [-0.2, -0.15) is 4.98 Å². The third kappa shape index (κ3) is 2.75. The van der Waals surface area contributed by atoms with Gasteiger partial charge in [0.1, 0.15) is 11.4 Å². The summed E-state index contributed by atoms with van der Waals surface area (Å²) in [4.78, 5) is 19.0. The molecule has 7 nitrogen and oxygen atoms in total. The lowest BCUT2D eigenvalue weighted by molar-refractivity contribution is 0.0701. The van der Waals surface area contributed by atoms with Crippen molar-refractivity contribution in [3.63, 3.8) is 0 Å². The third-order valence-corrected chi connectivity index (χ3v) is 4.99. The first-order chi connectivity index (χ1) is 12.2. The van der Waals surface area contributed by atoms with E-state index in [1.807, 2.05) is 40.8 Å². The first kappa shape index (κ1) is 15.7. The number of carbonyl (C=O) groups is 1. The van der Waals surface area contributed by atoms with Crippen molar-refractivity contribution in [3.8, 4) is 5.75 Å². The van der Waals surface area contributed by atoms with Crippen molar-refractivity contribution in [3.05, 3.63) is 42.2 Å². The number of rotatable bonds is 3. The highest BCUT2D eigenvalue weighted by atomic mass is 16.5. The molecule has 0 radical (unpaired) electrons. The molecule has 0 unspecified atom stereocenters. The summed E-state index contributed by atoms with van der Waals surface area (Å²) in [7, 11) is 3.57. The van der Waals surface area contributed by atoms with Crippen molar-refractivity contribution >= 4 is 16.8 Å². The number of nitrogens with zero attached hydrogens (tertiary/aromatic N) is 4. The second-order valence-corrected chi connectivity index (χ2v) is 6.37. The predicted octanol–water partition coefficient (Wildman–Crippen LogP) is 2.59. The summed E-state index contributed by atoms with van der Waals surface area (Å²) in [6.45, 7) is 1.39. The Labute approximate surface area is 145 Å². The Morgan fingerprint density at radius 1 is 1.28 bits per heavy atom. The average molecular weight is 340 g/mol. The summed E-state index contributed by atoms with van der Waals surface area (Å²) in [6.07, 6.45) is 3.06. The molecule has 7 heteroatoms. The largest absolute Gasteiger partial charge is 0.497 e. The Kier molecular flexibility index (Phi) is 3.91. The lowest BCUT2D eigenvalue weighted by Crippen LogP contribution is -2.38. The molecular formula is C18H20N4O3. The Hall–Kier alpha value is -2.83. The van der Waals surface area contributed by atoms with Crippen molar-refractivity contribution in [2.45, 2.75) is 18.8 Å². The standard InChI is InChI=1S/C18H20N4O3/c1-21-15-4-3-14(24-2)9-13(15)10-16(21)18(23)22-7-5-12(6-8-22)17-19-11-25-20-17/h3-4,9-12H,5-8H2,1-2H3. The van der Waals surface area contributed by atoms with E-state index in [0.717, 1.165) is 35.3 Å². The van der Waals surface area contributed by atoms with Gasteiger partial charge in [0.25, 0.3) is 5.91 Å². The Morgan fingerprint density at radius 2 is 2.08 bits per heavy atom. The number of piperidine rings is 1. The average Bonchev–Trinajstić information content (AvgIpc) is 3.29. The Morgan fingerprint density at radius 3 is 2.76 bits per heavy atom. The quantitative estimate of drug-likeness (QED) is 0.733. The van der Waals surface area contributed by atoms with E-state index in [-0.39, 0.29) is 11.8 Å². The first-order valence-electron chi connectivity index (χ1n) is 8.36. The van der Waals surface area contributed by atoms with Crippen LogP contribution in [0.4, 0.5) is 0 Å². The Balaban J connectivity index is 1.53. The molecule has 0 atom stereocenters. The summed E-state index contributed by atoms with van der Waals surface area (Å²) in [5, 5.41) is 4.93. The topological polar surface area (TPSA) is 73.4 Å². The van der Waals surface area contributed by atoms with E-state index in [4.69, 9.17) is 9.26 Å². The molecule has 1 fully saturated rings. The number of likely N-dealkylation sites (tertiary alicyclic amines) is 1. The van der Waals surface area contributed by atoms with Crippen LogP contribution in [0.15, 0.2) is 35.2 Å². The molecule has 2 aromatic heterocycles. The molecule has 3 heterocycles. The van der Waals surface area contributed by atoms with Gasteiger partial charge in [0.05, 0.1) is 7.11 Å². The first-order valence-corrected chi connectivity index (χ1v) is 8.36. The number of fused-ring (bicyclic) bond motifs is 1. The highest BCUT2D eigenvalue weighted by molar-refractivity contribution is 5.99. The maximum atomic E-state index is 13.0. The van der Waals surface area contributed by atoms with Crippen LogP contribution in [0.5, 0.6) is 5.75 Å². The molecular weight excluding hydrogens is 320 g/mol. The number of hydrogen-bond donors (Lipinski definition) is 0. The van der Waals surface area contributed by atoms with Crippen molar-refractivity contribution in [2.75, 3.05) is 20.2 Å². The predicted molar refractivity (Wildman–Crippen MR) is 91.6 cm³/mol. The van der Waals surface area contributed by atoms with Crippen LogP contribution in [0.25, 0.3) is 10.9 Å². The SMILES string of the molecule is COc1ccc2c(c1)cc(C(=O)N1CCC(c3ncon3)CC1)n2C. The minimum absolute atomic E-state index is 0.0595. The smallest absolute Gasteiger partial charge is 0.270 e. The van der Waals surface area contributed by atoms with E-state index >= 15 is 0 Å². The molecule has 4 rings (SSSR count). The molecule has 3 aromatic rings. The second kappa shape index (κ2) is 6.23. The maximum Gasteiger partial charge on any atom is 0.270 e. The zero-order valence-corrected chi connectivity index (χ0v) is 14.3. The number of benzene rings is 1. The van der Waals surface area contributed by atoms with E-state index in [0.29, 0.717) is 18.8 Å². The third-order valence-electron chi connectivity index (χ3n) is 4.99. The van der Waals surface area contributed by atoms with Crippen molar-refractivity contribution in [2.24, 2.45) is 7.05 Å². The summed E-state index contributed by atoms with van der Waals surface area (Å²) in [5.74, 6) is 1.85. The van der Waals surface area contributed by atoms with Crippen molar-refractivity contribution in [1.29, 1.82) is 0 Å². The van der Waals surface area contributed by atoms with Crippen LogP contribution in [0, 0.1) is 0 Å². The summed E-state index contributed by atoms with van der Waals surface area (Å²) < 4.78 is 12.0. The van der Waals surface area contributed by atoms with Gasteiger partial charge in [-0.25, -0.2) is 0 Å². The normalized spacial score (nSPS) is 15.7. The number of hydrogen-bond acceptors (Lipinski definition) is 5. The molecule has 0 bridgehead atoms. The van der Waals surface area contributed by atoms with Crippen LogP contribution in [0.1, 0.15) is 35.1 Å². The molecule has 1 aliphatic rings. The van der Waals surface area contributed by atoms with Gasteiger partial charge in [0.15, 0.2) is 5.82 Å². The van der Waals surface area contributed by atoms with E-state index < -0.39 is 0 Å².